The number of nitrogen functional groups attached to an aromatic ring is 1. The first-order chi connectivity index (χ1) is 15.5. The Balaban J connectivity index is 2.45. The molecule has 0 spiro atoms. The lowest BCUT2D eigenvalue weighted by Crippen LogP contribution is -2.34. The molecular weight excluding hydrogens is 420 g/mol. The number of hydrogen-bond acceptors (Lipinski definition) is 6. The molecular formula is C26H38N2O5. The van der Waals surface area contributed by atoms with Crippen molar-refractivity contribution in [2.45, 2.75) is 65.6 Å². The van der Waals surface area contributed by atoms with Gasteiger partial charge in [0.15, 0.2) is 0 Å². The highest BCUT2D eigenvalue weighted by atomic mass is 16.5. The van der Waals surface area contributed by atoms with Crippen LogP contribution >= 0.6 is 0 Å². The highest BCUT2D eigenvalue weighted by molar-refractivity contribution is 6.04. The summed E-state index contributed by atoms with van der Waals surface area (Å²) in [5.74, 6) is -0.900. The van der Waals surface area contributed by atoms with Crippen LogP contribution in [0, 0.1) is 11.8 Å². The third kappa shape index (κ3) is 7.11. The number of anilines is 2. The van der Waals surface area contributed by atoms with Gasteiger partial charge in [0.2, 0.25) is 0 Å². The van der Waals surface area contributed by atoms with E-state index in [4.69, 9.17) is 10.5 Å². The smallest absolute Gasteiger partial charge is 0.251 e. The molecule has 0 radical (unpaired) electrons. The van der Waals surface area contributed by atoms with Crippen LogP contribution < -0.4 is 11.1 Å². The molecule has 2 rings (SSSR count). The molecule has 0 saturated carbocycles. The Bertz CT molecular complexity index is 935. The third-order valence-corrected chi connectivity index (χ3v) is 6.17. The van der Waals surface area contributed by atoms with E-state index in [1.54, 1.807) is 20.1 Å². The van der Waals surface area contributed by atoms with E-state index in [1.165, 1.54) is 11.6 Å². The summed E-state index contributed by atoms with van der Waals surface area (Å²) in [5.41, 5.74) is 8.21. The van der Waals surface area contributed by atoms with Gasteiger partial charge in [-0.25, -0.2) is 0 Å². The van der Waals surface area contributed by atoms with Gasteiger partial charge in [-0.3, -0.25) is 4.79 Å². The Morgan fingerprint density at radius 1 is 1.21 bits per heavy atom. The van der Waals surface area contributed by atoms with Crippen molar-refractivity contribution < 1.29 is 24.9 Å². The van der Waals surface area contributed by atoms with Gasteiger partial charge < -0.3 is 31.1 Å². The average molecular weight is 459 g/mol. The molecule has 1 heterocycles. The molecule has 1 aliphatic heterocycles. The minimum Gasteiger partial charge on any atom is -0.506 e. The second kappa shape index (κ2) is 11.9. The van der Waals surface area contributed by atoms with E-state index in [-0.39, 0.29) is 40.6 Å². The topological polar surface area (TPSA) is 125 Å². The number of benzene rings is 1. The summed E-state index contributed by atoms with van der Waals surface area (Å²) < 4.78 is 5.60. The summed E-state index contributed by atoms with van der Waals surface area (Å²) in [4.78, 5) is 12.6. The van der Waals surface area contributed by atoms with E-state index in [0.29, 0.717) is 24.0 Å². The van der Waals surface area contributed by atoms with Crippen molar-refractivity contribution in [2.75, 3.05) is 18.2 Å². The number of phenolic OH excluding ortho intramolecular Hbond substituents is 2. The number of aromatic hydroxyl groups is 2. The van der Waals surface area contributed by atoms with E-state index in [2.05, 4.69) is 11.4 Å². The molecule has 2 bridgehead atoms. The lowest BCUT2D eigenvalue weighted by Gasteiger charge is -2.28. The predicted octanol–water partition coefficient (Wildman–Crippen LogP) is 4.44. The number of methoxy groups -OCH3 is 1. The second-order valence-corrected chi connectivity index (χ2v) is 9.14. The molecule has 1 aromatic carbocycles. The lowest BCUT2D eigenvalue weighted by molar-refractivity contribution is -0.112. The quantitative estimate of drug-likeness (QED) is 0.183. The molecule has 1 amide bonds. The molecule has 0 fully saturated rings. The number of carbonyl (C=O) groups excluding carboxylic acids is 1. The summed E-state index contributed by atoms with van der Waals surface area (Å²) in [6, 6.07) is 1.25. The number of aliphatic hydroxyl groups is 1. The molecule has 4 atom stereocenters. The molecule has 0 aliphatic carbocycles. The first-order valence-electron chi connectivity index (χ1n) is 11.4. The standard InChI is InChI=1S/C26H38N2O5/c1-15-9-7-6-8-10-17(3)26(32)28-20-14-21(29)23(27)19(25(20)31)12-16(2)13-22(33-5)24(30)18(4)11-15/h6,8,10-11,14,16,18,22,24,29-31H,7,9,12-13,27H2,1-5H3,(H,28,32)/b8-6-,15-11+,17-10+/t16-,18+,22+,24-/m1/s1. The normalized spacial score (nSPS) is 29.9. The average Bonchev–Trinajstić information content (AvgIpc) is 2.76. The monoisotopic (exact) mass is 458 g/mol. The molecule has 33 heavy (non-hydrogen) atoms. The van der Waals surface area contributed by atoms with Crippen molar-refractivity contribution in [3.8, 4) is 11.5 Å². The van der Waals surface area contributed by atoms with Crippen LogP contribution in [0.15, 0.2) is 41.5 Å². The zero-order chi connectivity index (χ0) is 24.7. The Hall–Kier alpha value is -2.77. The highest BCUT2D eigenvalue weighted by Crippen LogP contribution is 2.40. The largest absolute Gasteiger partial charge is 0.506 e. The Morgan fingerprint density at radius 2 is 1.91 bits per heavy atom. The van der Waals surface area contributed by atoms with Crippen LogP contribution in [0.25, 0.3) is 0 Å². The van der Waals surface area contributed by atoms with Crippen molar-refractivity contribution in [2.24, 2.45) is 11.8 Å². The summed E-state index contributed by atoms with van der Waals surface area (Å²) in [5, 5.41) is 34.7. The van der Waals surface area contributed by atoms with E-state index in [9.17, 15) is 20.1 Å². The number of aliphatic hydroxyl groups excluding tert-OH is 1. The van der Waals surface area contributed by atoms with E-state index < -0.39 is 12.2 Å². The maximum atomic E-state index is 12.6. The van der Waals surface area contributed by atoms with Crippen LogP contribution in [0.3, 0.4) is 0 Å². The summed E-state index contributed by atoms with van der Waals surface area (Å²) in [6.45, 7) is 7.66. The van der Waals surface area contributed by atoms with Gasteiger partial charge in [-0.15, -0.1) is 0 Å². The summed E-state index contributed by atoms with van der Waals surface area (Å²) in [6.07, 6.45) is 8.98. The number of amides is 1. The van der Waals surface area contributed by atoms with Gasteiger partial charge in [0.1, 0.15) is 11.5 Å². The van der Waals surface area contributed by atoms with Gasteiger partial charge in [-0.2, -0.15) is 0 Å². The van der Waals surface area contributed by atoms with Gasteiger partial charge in [-0.05, 0) is 45.4 Å². The number of ether oxygens (including phenoxy) is 1. The van der Waals surface area contributed by atoms with Crippen molar-refractivity contribution in [3.63, 3.8) is 0 Å². The number of fused-ring (bicyclic) bond motifs is 2. The lowest BCUT2D eigenvalue weighted by atomic mass is 9.88. The number of allylic oxidation sites excluding steroid dienone is 4. The Labute approximate surface area is 196 Å². The van der Waals surface area contributed by atoms with Gasteiger partial charge in [-0.1, -0.05) is 43.7 Å². The molecule has 1 aliphatic rings. The fourth-order valence-corrected chi connectivity index (χ4v) is 4.12. The number of rotatable bonds is 1. The third-order valence-electron chi connectivity index (χ3n) is 6.17. The van der Waals surface area contributed by atoms with Crippen molar-refractivity contribution in [3.05, 3.63) is 47.1 Å². The van der Waals surface area contributed by atoms with Gasteiger partial charge in [0, 0.05) is 30.2 Å². The number of phenols is 2. The van der Waals surface area contributed by atoms with Gasteiger partial charge >= 0.3 is 0 Å². The van der Waals surface area contributed by atoms with E-state index >= 15 is 0 Å². The number of nitrogens with two attached hydrogens (primary N) is 1. The molecule has 0 unspecified atom stereocenters. The first kappa shape index (κ1) is 26.5. The van der Waals surface area contributed by atoms with Crippen LogP contribution in [0.1, 0.15) is 52.5 Å². The molecule has 182 valence electrons. The van der Waals surface area contributed by atoms with Crippen molar-refractivity contribution in [1.29, 1.82) is 0 Å². The minimum absolute atomic E-state index is 0.0339. The van der Waals surface area contributed by atoms with Gasteiger partial charge in [0.05, 0.1) is 23.6 Å². The van der Waals surface area contributed by atoms with Crippen LogP contribution in [-0.2, 0) is 16.0 Å². The maximum Gasteiger partial charge on any atom is 0.251 e. The Kier molecular flexibility index (Phi) is 9.56. The molecule has 7 heteroatoms. The van der Waals surface area contributed by atoms with E-state index in [0.717, 1.165) is 12.8 Å². The fraction of sp³-hybridized carbons (Fsp3) is 0.500. The van der Waals surface area contributed by atoms with Crippen LogP contribution in [0.5, 0.6) is 11.5 Å². The van der Waals surface area contributed by atoms with Crippen LogP contribution in [0.4, 0.5) is 11.4 Å². The van der Waals surface area contributed by atoms with Gasteiger partial charge in [0.25, 0.3) is 5.91 Å². The predicted molar refractivity (Wildman–Crippen MR) is 132 cm³/mol. The minimum atomic E-state index is -0.694. The first-order valence-corrected chi connectivity index (χ1v) is 11.4. The molecule has 1 aromatic rings. The second-order valence-electron chi connectivity index (χ2n) is 9.14. The molecule has 0 saturated heterocycles. The number of hydrogen-bond donors (Lipinski definition) is 5. The zero-order valence-corrected chi connectivity index (χ0v) is 20.3. The SMILES string of the molecule is CO[C@H]1C[C@H](C)Cc2c(N)c(O)cc(c2O)NC(=O)/C(C)=C/C=C\CC/C(C)=C/[C@H](C)[C@H]1O. The fourth-order valence-electron chi connectivity index (χ4n) is 4.12. The summed E-state index contributed by atoms with van der Waals surface area (Å²) >= 11 is 0. The maximum absolute atomic E-state index is 12.6. The molecule has 6 N–H and O–H groups in total. The number of carbonyl (C=O) groups is 1. The van der Waals surface area contributed by atoms with Crippen LogP contribution in [-0.4, -0.2) is 40.5 Å². The zero-order valence-electron chi connectivity index (χ0n) is 20.3. The number of nitrogens with one attached hydrogen (secondary N) is 1. The highest BCUT2D eigenvalue weighted by Gasteiger charge is 2.27. The van der Waals surface area contributed by atoms with E-state index in [1.807, 2.05) is 32.9 Å². The molecule has 0 aromatic heterocycles. The molecule has 7 nitrogen and oxygen atoms in total. The van der Waals surface area contributed by atoms with Crippen LogP contribution in [0.2, 0.25) is 0 Å². The van der Waals surface area contributed by atoms with Crippen molar-refractivity contribution >= 4 is 17.3 Å². The van der Waals surface area contributed by atoms with Crippen molar-refractivity contribution in [1.82, 2.24) is 0 Å². The Morgan fingerprint density at radius 3 is 2.58 bits per heavy atom. The summed E-state index contributed by atoms with van der Waals surface area (Å²) in [7, 11) is 1.58.